The number of fused-ring (bicyclic) bond motifs is 1. The van der Waals surface area contributed by atoms with Crippen molar-refractivity contribution < 1.29 is 9.84 Å². The molecular weight excluding hydrogens is 359 g/mol. The molecule has 1 aromatic carbocycles. The quantitative estimate of drug-likeness (QED) is 0.824. The predicted octanol–water partition coefficient (Wildman–Crippen LogP) is 2.75. The number of benzene rings is 1. The van der Waals surface area contributed by atoms with Crippen LogP contribution >= 0.6 is 36.4 Å². The second-order valence-corrected chi connectivity index (χ2v) is 7.39. The molecule has 0 bridgehead atoms. The van der Waals surface area contributed by atoms with Gasteiger partial charge in [0.05, 0.1) is 12.7 Å². The van der Waals surface area contributed by atoms with Gasteiger partial charge in [-0.15, -0.1) is 24.8 Å². The third-order valence-corrected chi connectivity index (χ3v) is 4.59. The number of likely N-dealkylation sites (tertiary alicyclic amines) is 1. The van der Waals surface area contributed by atoms with E-state index < -0.39 is 0 Å². The Hall–Kier alpha value is -0.230. The monoisotopic (exact) mass is 382 g/mol. The van der Waals surface area contributed by atoms with Crippen LogP contribution in [-0.4, -0.2) is 41.8 Å². The lowest BCUT2D eigenvalue weighted by Crippen LogP contribution is -2.48. The van der Waals surface area contributed by atoms with Gasteiger partial charge in [-0.1, -0.05) is 25.4 Å². The second-order valence-electron chi connectivity index (χ2n) is 6.96. The van der Waals surface area contributed by atoms with E-state index >= 15 is 0 Å². The fraction of sp³-hybridized carbons (Fsp3) is 0.625. The Morgan fingerprint density at radius 1 is 1.35 bits per heavy atom. The van der Waals surface area contributed by atoms with Gasteiger partial charge in [0.15, 0.2) is 0 Å². The number of aliphatic hydroxyl groups is 1. The van der Waals surface area contributed by atoms with E-state index in [0.29, 0.717) is 26.1 Å². The number of β-amino-alcohol motifs (C(OH)–C–C–N with tert-alkyl or cyclic N) is 1. The number of piperidine rings is 1. The van der Waals surface area contributed by atoms with E-state index in [4.69, 9.17) is 22.1 Å². The number of ether oxygens (including phenoxy) is 1. The minimum absolute atomic E-state index is 0. The van der Waals surface area contributed by atoms with E-state index in [1.54, 1.807) is 0 Å². The summed E-state index contributed by atoms with van der Waals surface area (Å²) in [6.07, 6.45) is 0.326. The van der Waals surface area contributed by atoms with Crippen LogP contribution in [0.3, 0.4) is 0 Å². The van der Waals surface area contributed by atoms with Gasteiger partial charge in [0, 0.05) is 47.2 Å². The highest BCUT2D eigenvalue weighted by atomic mass is 35.5. The molecule has 0 unspecified atom stereocenters. The Kier molecular flexibility index (Phi) is 7.03. The molecule has 1 saturated heterocycles. The maximum Gasteiger partial charge on any atom is 0.127 e. The summed E-state index contributed by atoms with van der Waals surface area (Å²) in [5.74, 6) is 0.957. The highest BCUT2D eigenvalue weighted by molar-refractivity contribution is 6.30. The third kappa shape index (κ3) is 4.44. The van der Waals surface area contributed by atoms with E-state index in [2.05, 4.69) is 18.7 Å². The van der Waals surface area contributed by atoms with Crippen molar-refractivity contribution in [3.8, 4) is 5.75 Å². The van der Waals surface area contributed by atoms with Crippen molar-refractivity contribution in [2.45, 2.75) is 44.4 Å². The highest BCUT2D eigenvalue weighted by Crippen LogP contribution is 2.42. The standard InChI is InChI=1S/C16H23ClN2O2.2ClH/c1-16(2)9-21-15-10(3-11(17)4-14(15)16)6-19-7-12(18)5-13(20)8-19;;/h3-4,12-13,20H,5-9,18H2,1-2H3;2*1H/t12-,13+;;/m0../s1. The first-order valence-corrected chi connectivity index (χ1v) is 7.84. The fourth-order valence-corrected chi connectivity index (χ4v) is 3.58. The minimum atomic E-state index is -0.349. The first kappa shape index (κ1) is 20.8. The van der Waals surface area contributed by atoms with Crippen LogP contribution in [-0.2, 0) is 12.0 Å². The van der Waals surface area contributed by atoms with Gasteiger partial charge < -0.3 is 15.6 Å². The zero-order valence-electron chi connectivity index (χ0n) is 13.4. The van der Waals surface area contributed by atoms with Gasteiger partial charge in [-0.2, -0.15) is 0 Å². The van der Waals surface area contributed by atoms with Gasteiger partial charge >= 0.3 is 0 Å². The predicted molar refractivity (Wildman–Crippen MR) is 98.3 cm³/mol. The number of nitrogens with zero attached hydrogens (tertiary/aromatic N) is 1. The molecule has 3 rings (SSSR count). The number of aliphatic hydroxyl groups excluding tert-OH is 1. The van der Waals surface area contributed by atoms with Gasteiger partial charge in [-0.3, -0.25) is 4.90 Å². The maximum absolute atomic E-state index is 9.88. The van der Waals surface area contributed by atoms with E-state index in [1.165, 1.54) is 5.56 Å². The van der Waals surface area contributed by atoms with Crippen molar-refractivity contribution in [1.29, 1.82) is 0 Å². The van der Waals surface area contributed by atoms with E-state index in [0.717, 1.165) is 22.9 Å². The van der Waals surface area contributed by atoms with E-state index in [-0.39, 0.29) is 42.4 Å². The topological polar surface area (TPSA) is 58.7 Å². The van der Waals surface area contributed by atoms with Gasteiger partial charge in [0.2, 0.25) is 0 Å². The molecule has 1 fully saturated rings. The Balaban J connectivity index is 0.00000132. The van der Waals surface area contributed by atoms with Crippen LogP contribution in [0.15, 0.2) is 12.1 Å². The van der Waals surface area contributed by atoms with Gasteiger partial charge in [-0.25, -0.2) is 0 Å². The number of nitrogens with two attached hydrogens (primary N) is 1. The molecule has 132 valence electrons. The molecule has 23 heavy (non-hydrogen) atoms. The molecule has 4 nitrogen and oxygen atoms in total. The largest absolute Gasteiger partial charge is 0.492 e. The summed E-state index contributed by atoms with van der Waals surface area (Å²) < 4.78 is 5.92. The average Bonchev–Trinajstić information content (AvgIpc) is 2.64. The summed E-state index contributed by atoms with van der Waals surface area (Å²) in [6, 6.07) is 4.00. The third-order valence-electron chi connectivity index (χ3n) is 4.37. The van der Waals surface area contributed by atoms with Crippen molar-refractivity contribution in [3.05, 3.63) is 28.3 Å². The van der Waals surface area contributed by atoms with Crippen LogP contribution < -0.4 is 10.5 Å². The molecule has 3 N–H and O–H groups in total. The molecular formula is C16H25Cl3N2O2. The summed E-state index contributed by atoms with van der Waals surface area (Å²) in [7, 11) is 0. The number of hydrogen-bond donors (Lipinski definition) is 2. The van der Waals surface area contributed by atoms with Crippen LogP contribution in [0.1, 0.15) is 31.4 Å². The maximum atomic E-state index is 9.88. The van der Waals surface area contributed by atoms with Crippen molar-refractivity contribution in [2.24, 2.45) is 5.73 Å². The van der Waals surface area contributed by atoms with Crippen LogP contribution in [0.4, 0.5) is 0 Å². The molecule has 0 amide bonds. The van der Waals surface area contributed by atoms with Crippen molar-refractivity contribution in [1.82, 2.24) is 4.90 Å². The zero-order chi connectivity index (χ0) is 15.2. The molecule has 2 aliphatic rings. The Morgan fingerprint density at radius 2 is 2.04 bits per heavy atom. The number of rotatable bonds is 2. The molecule has 0 spiro atoms. The molecule has 2 heterocycles. The lowest BCUT2D eigenvalue weighted by atomic mass is 9.86. The molecule has 2 atom stereocenters. The summed E-state index contributed by atoms with van der Waals surface area (Å²) in [4.78, 5) is 2.18. The lowest BCUT2D eigenvalue weighted by molar-refractivity contribution is 0.0560. The summed E-state index contributed by atoms with van der Waals surface area (Å²) in [5.41, 5.74) is 8.25. The molecule has 0 aliphatic carbocycles. The van der Waals surface area contributed by atoms with Crippen LogP contribution in [0.5, 0.6) is 5.75 Å². The summed E-state index contributed by atoms with van der Waals surface area (Å²) in [5, 5.41) is 10.6. The molecule has 2 aliphatic heterocycles. The Labute approximate surface area is 155 Å². The first-order valence-electron chi connectivity index (χ1n) is 7.47. The van der Waals surface area contributed by atoms with Crippen molar-refractivity contribution in [2.75, 3.05) is 19.7 Å². The lowest BCUT2D eigenvalue weighted by Gasteiger charge is -2.34. The van der Waals surface area contributed by atoms with Crippen molar-refractivity contribution in [3.63, 3.8) is 0 Å². The Morgan fingerprint density at radius 3 is 2.70 bits per heavy atom. The SMILES string of the molecule is CC1(C)COc2c(CN3C[C@@H](N)C[C@@H](O)C3)cc(Cl)cc21.Cl.Cl. The number of hydrogen-bond acceptors (Lipinski definition) is 4. The molecule has 1 aromatic rings. The first-order chi connectivity index (χ1) is 9.85. The van der Waals surface area contributed by atoms with E-state index in [9.17, 15) is 5.11 Å². The number of halogens is 3. The molecule has 0 radical (unpaired) electrons. The fourth-order valence-electron chi connectivity index (χ4n) is 3.34. The smallest absolute Gasteiger partial charge is 0.127 e. The van der Waals surface area contributed by atoms with Gasteiger partial charge in [-0.05, 0) is 18.6 Å². The molecule has 0 aromatic heterocycles. The van der Waals surface area contributed by atoms with Crippen LogP contribution in [0.25, 0.3) is 0 Å². The van der Waals surface area contributed by atoms with E-state index in [1.807, 2.05) is 12.1 Å². The second kappa shape index (κ2) is 7.77. The molecule has 0 saturated carbocycles. The van der Waals surface area contributed by atoms with Crippen LogP contribution in [0.2, 0.25) is 5.02 Å². The van der Waals surface area contributed by atoms with Gasteiger partial charge in [0.1, 0.15) is 5.75 Å². The minimum Gasteiger partial charge on any atom is -0.492 e. The zero-order valence-corrected chi connectivity index (χ0v) is 15.8. The molecule has 7 heteroatoms. The Bertz CT molecular complexity index is 544. The van der Waals surface area contributed by atoms with Crippen molar-refractivity contribution >= 4 is 36.4 Å². The average molecular weight is 384 g/mol. The summed E-state index contributed by atoms with van der Waals surface area (Å²) in [6.45, 7) is 7.17. The highest BCUT2D eigenvalue weighted by Gasteiger charge is 2.34. The summed E-state index contributed by atoms with van der Waals surface area (Å²) >= 11 is 6.28. The van der Waals surface area contributed by atoms with Gasteiger partial charge in [0.25, 0.3) is 0 Å². The normalized spacial score (nSPS) is 25.8. The van der Waals surface area contributed by atoms with Crippen LogP contribution in [0, 0.1) is 0 Å².